The number of benzene rings is 1. The fraction of sp³-hybridized carbons (Fsp3) is 0.154. The van der Waals surface area contributed by atoms with Gasteiger partial charge in [-0.25, -0.2) is 13.8 Å². The molecule has 0 fully saturated rings. The highest BCUT2D eigenvalue weighted by Crippen LogP contribution is 2.28. The Morgan fingerprint density at radius 1 is 1.22 bits per heavy atom. The number of pyridine rings is 1. The lowest BCUT2D eigenvalue weighted by Gasteiger charge is -2.20. The van der Waals surface area contributed by atoms with E-state index in [2.05, 4.69) is 20.9 Å². The van der Waals surface area contributed by atoms with Gasteiger partial charge in [-0.05, 0) is 46.6 Å². The standard InChI is InChI=1S/C13H11BrF2N2/c1-8-5-9(14)7-17-13(8)18(2)12-4-3-10(15)6-11(12)16/h3-7H,1-2H3. The van der Waals surface area contributed by atoms with Gasteiger partial charge in [-0.1, -0.05) is 0 Å². The van der Waals surface area contributed by atoms with E-state index in [4.69, 9.17) is 0 Å². The average Bonchev–Trinajstić information content (AvgIpc) is 2.28. The Balaban J connectivity index is 2.44. The zero-order valence-electron chi connectivity index (χ0n) is 9.92. The van der Waals surface area contributed by atoms with Gasteiger partial charge in [0.1, 0.15) is 17.5 Å². The molecule has 0 radical (unpaired) electrons. The maximum absolute atomic E-state index is 13.7. The van der Waals surface area contributed by atoms with Gasteiger partial charge in [-0.3, -0.25) is 0 Å². The van der Waals surface area contributed by atoms with Gasteiger partial charge in [0.2, 0.25) is 0 Å². The van der Waals surface area contributed by atoms with Gasteiger partial charge in [-0.2, -0.15) is 0 Å². The summed E-state index contributed by atoms with van der Waals surface area (Å²) in [5.41, 5.74) is 1.19. The summed E-state index contributed by atoms with van der Waals surface area (Å²) >= 11 is 3.32. The van der Waals surface area contributed by atoms with E-state index in [1.54, 1.807) is 18.1 Å². The molecular weight excluding hydrogens is 302 g/mol. The molecule has 0 aliphatic carbocycles. The highest BCUT2D eigenvalue weighted by molar-refractivity contribution is 9.10. The molecule has 0 bridgehead atoms. The summed E-state index contributed by atoms with van der Waals surface area (Å²) in [5, 5.41) is 0. The molecule has 2 rings (SSSR count). The molecule has 5 heteroatoms. The van der Waals surface area contributed by atoms with Crippen molar-refractivity contribution in [2.24, 2.45) is 0 Å². The highest BCUT2D eigenvalue weighted by Gasteiger charge is 2.13. The molecule has 0 unspecified atom stereocenters. The van der Waals surface area contributed by atoms with Crippen molar-refractivity contribution in [3.63, 3.8) is 0 Å². The van der Waals surface area contributed by atoms with Crippen LogP contribution in [0.15, 0.2) is 34.9 Å². The van der Waals surface area contributed by atoms with Crippen LogP contribution < -0.4 is 4.90 Å². The molecule has 0 amide bonds. The summed E-state index contributed by atoms with van der Waals surface area (Å²) < 4.78 is 27.4. The summed E-state index contributed by atoms with van der Waals surface area (Å²) in [6, 6.07) is 5.37. The van der Waals surface area contributed by atoms with Crippen LogP contribution in [0.25, 0.3) is 0 Å². The molecule has 1 aromatic heterocycles. The average molecular weight is 313 g/mol. The summed E-state index contributed by atoms with van der Waals surface area (Å²) in [6.07, 6.45) is 1.64. The van der Waals surface area contributed by atoms with Crippen LogP contribution in [0, 0.1) is 18.6 Å². The molecule has 1 heterocycles. The first-order chi connectivity index (χ1) is 8.49. The number of hydrogen-bond donors (Lipinski definition) is 0. The SMILES string of the molecule is Cc1cc(Br)cnc1N(C)c1ccc(F)cc1F. The molecule has 0 aliphatic rings. The second-order valence-corrected chi connectivity index (χ2v) is 4.86. The Hall–Kier alpha value is -1.49. The second-order valence-electron chi connectivity index (χ2n) is 3.95. The molecule has 2 nitrogen and oxygen atoms in total. The van der Waals surface area contributed by atoms with Gasteiger partial charge in [0.05, 0.1) is 5.69 Å². The minimum Gasteiger partial charge on any atom is -0.327 e. The van der Waals surface area contributed by atoms with Gasteiger partial charge in [0.25, 0.3) is 0 Å². The first kappa shape index (κ1) is 13.0. The van der Waals surface area contributed by atoms with Crippen LogP contribution in [0.3, 0.4) is 0 Å². The van der Waals surface area contributed by atoms with E-state index in [0.29, 0.717) is 5.82 Å². The van der Waals surface area contributed by atoms with E-state index >= 15 is 0 Å². The number of aromatic nitrogens is 1. The van der Waals surface area contributed by atoms with Crippen molar-refractivity contribution in [2.75, 3.05) is 11.9 Å². The molecule has 18 heavy (non-hydrogen) atoms. The van der Waals surface area contributed by atoms with Crippen LogP contribution in [0.5, 0.6) is 0 Å². The Morgan fingerprint density at radius 3 is 2.56 bits per heavy atom. The molecule has 0 N–H and O–H groups in total. The molecule has 0 saturated heterocycles. The Morgan fingerprint density at radius 2 is 1.94 bits per heavy atom. The monoisotopic (exact) mass is 312 g/mol. The third-order valence-electron chi connectivity index (χ3n) is 2.61. The third-order valence-corrected chi connectivity index (χ3v) is 3.04. The number of halogens is 3. The molecule has 1 aromatic carbocycles. The number of nitrogens with zero attached hydrogens (tertiary/aromatic N) is 2. The van der Waals surface area contributed by atoms with E-state index in [9.17, 15) is 8.78 Å². The highest BCUT2D eigenvalue weighted by atomic mass is 79.9. The van der Waals surface area contributed by atoms with Gasteiger partial charge in [0, 0.05) is 23.8 Å². The first-order valence-corrected chi connectivity index (χ1v) is 6.09. The van der Waals surface area contributed by atoms with E-state index in [0.717, 1.165) is 16.1 Å². The van der Waals surface area contributed by atoms with Crippen molar-refractivity contribution in [1.82, 2.24) is 4.98 Å². The predicted molar refractivity (Wildman–Crippen MR) is 71.1 cm³/mol. The smallest absolute Gasteiger partial charge is 0.149 e. The second kappa shape index (κ2) is 5.02. The van der Waals surface area contributed by atoms with Gasteiger partial charge < -0.3 is 4.90 Å². The van der Waals surface area contributed by atoms with Crippen LogP contribution in [-0.4, -0.2) is 12.0 Å². The van der Waals surface area contributed by atoms with Gasteiger partial charge in [-0.15, -0.1) is 0 Å². The third kappa shape index (κ3) is 2.51. The summed E-state index contributed by atoms with van der Waals surface area (Å²) in [5.74, 6) is -0.574. The van der Waals surface area contributed by atoms with Crippen LogP contribution in [0.1, 0.15) is 5.56 Å². The van der Waals surface area contributed by atoms with E-state index in [-0.39, 0.29) is 5.69 Å². The molecule has 0 spiro atoms. The number of hydrogen-bond acceptors (Lipinski definition) is 2. The molecule has 0 atom stereocenters. The Kier molecular flexibility index (Phi) is 3.61. The largest absolute Gasteiger partial charge is 0.327 e. The number of anilines is 2. The maximum Gasteiger partial charge on any atom is 0.149 e. The van der Waals surface area contributed by atoms with Crippen molar-refractivity contribution in [2.45, 2.75) is 6.92 Å². The van der Waals surface area contributed by atoms with Crippen molar-refractivity contribution in [3.8, 4) is 0 Å². The van der Waals surface area contributed by atoms with Crippen molar-refractivity contribution < 1.29 is 8.78 Å². The molecule has 94 valence electrons. The van der Waals surface area contributed by atoms with Crippen molar-refractivity contribution >= 4 is 27.4 Å². The normalized spacial score (nSPS) is 10.5. The lowest BCUT2D eigenvalue weighted by molar-refractivity contribution is 0.583. The Bertz CT molecular complexity index is 536. The molecular formula is C13H11BrF2N2. The Labute approximate surface area is 112 Å². The zero-order valence-corrected chi connectivity index (χ0v) is 11.5. The van der Waals surface area contributed by atoms with Gasteiger partial charge in [0.15, 0.2) is 0 Å². The van der Waals surface area contributed by atoms with Crippen LogP contribution in [-0.2, 0) is 0 Å². The predicted octanol–water partition coefficient (Wildman–Crippen LogP) is 4.20. The number of aryl methyl sites for hydroxylation is 1. The van der Waals surface area contributed by atoms with Crippen LogP contribution in [0.2, 0.25) is 0 Å². The lowest BCUT2D eigenvalue weighted by Crippen LogP contribution is -2.14. The molecule has 0 saturated carbocycles. The van der Waals surface area contributed by atoms with E-state index in [1.165, 1.54) is 12.1 Å². The van der Waals surface area contributed by atoms with Crippen LogP contribution in [0.4, 0.5) is 20.3 Å². The van der Waals surface area contributed by atoms with E-state index < -0.39 is 11.6 Å². The summed E-state index contributed by atoms with van der Waals surface area (Å²) in [7, 11) is 1.69. The quantitative estimate of drug-likeness (QED) is 0.826. The maximum atomic E-state index is 13.7. The first-order valence-electron chi connectivity index (χ1n) is 5.30. The fourth-order valence-electron chi connectivity index (χ4n) is 1.75. The summed E-state index contributed by atoms with van der Waals surface area (Å²) in [4.78, 5) is 5.83. The van der Waals surface area contributed by atoms with E-state index in [1.807, 2.05) is 13.0 Å². The fourth-order valence-corrected chi connectivity index (χ4v) is 2.20. The number of rotatable bonds is 2. The minimum absolute atomic E-state index is 0.286. The van der Waals surface area contributed by atoms with Crippen LogP contribution >= 0.6 is 15.9 Å². The lowest BCUT2D eigenvalue weighted by atomic mass is 10.2. The van der Waals surface area contributed by atoms with Gasteiger partial charge >= 0.3 is 0 Å². The summed E-state index contributed by atoms with van der Waals surface area (Å²) in [6.45, 7) is 1.88. The molecule has 2 aromatic rings. The zero-order chi connectivity index (χ0) is 13.3. The van der Waals surface area contributed by atoms with Crippen molar-refractivity contribution in [3.05, 3.63) is 52.1 Å². The molecule has 0 aliphatic heterocycles. The minimum atomic E-state index is -0.610. The van der Waals surface area contributed by atoms with Crippen molar-refractivity contribution in [1.29, 1.82) is 0 Å². The topological polar surface area (TPSA) is 16.1 Å².